The summed E-state index contributed by atoms with van der Waals surface area (Å²) in [5.41, 5.74) is 2.16. The Bertz CT molecular complexity index is 1270. The molecule has 2 aliphatic rings. The summed E-state index contributed by atoms with van der Waals surface area (Å²) >= 11 is 6.08. The summed E-state index contributed by atoms with van der Waals surface area (Å²) in [6.45, 7) is 1.16. The van der Waals surface area contributed by atoms with Gasteiger partial charge in [0.05, 0.1) is 11.6 Å². The normalized spacial score (nSPS) is 18.9. The molecule has 2 heterocycles. The number of rotatable bonds is 5. The van der Waals surface area contributed by atoms with Gasteiger partial charge in [-0.15, -0.1) is 0 Å². The second-order valence-corrected chi connectivity index (χ2v) is 8.57. The van der Waals surface area contributed by atoms with Crippen molar-refractivity contribution < 1.29 is 24.2 Å². The Kier molecular flexibility index (Phi) is 5.99. The maximum Gasteiger partial charge on any atom is 0.295 e. The number of nitrogens with zero attached hydrogens (tertiary/aromatic N) is 1. The minimum Gasteiger partial charge on any atom is -0.507 e. The van der Waals surface area contributed by atoms with Crippen LogP contribution in [0.4, 0.5) is 0 Å². The van der Waals surface area contributed by atoms with Crippen LogP contribution in [-0.4, -0.2) is 41.5 Å². The molecule has 3 aromatic carbocycles. The van der Waals surface area contributed by atoms with Crippen LogP contribution in [0.1, 0.15) is 22.7 Å². The summed E-state index contributed by atoms with van der Waals surface area (Å²) in [4.78, 5) is 27.8. The molecule has 0 aliphatic carbocycles. The van der Waals surface area contributed by atoms with Crippen molar-refractivity contribution in [1.82, 2.24) is 4.90 Å². The van der Waals surface area contributed by atoms with Gasteiger partial charge in [-0.2, -0.15) is 0 Å². The van der Waals surface area contributed by atoms with Gasteiger partial charge in [-0.1, -0.05) is 54.1 Å². The molecule has 1 saturated heterocycles. The summed E-state index contributed by atoms with van der Waals surface area (Å²) in [5, 5.41) is 11.8. The molecule has 5 rings (SSSR count). The predicted octanol–water partition coefficient (Wildman–Crippen LogP) is 4.78. The molecule has 34 heavy (non-hydrogen) atoms. The van der Waals surface area contributed by atoms with Crippen LogP contribution >= 0.6 is 11.6 Å². The highest BCUT2D eigenvalue weighted by Gasteiger charge is 2.45. The minimum absolute atomic E-state index is 0.0389. The summed E-state index contributed by atoms with van der Waals surface area (Å²) in [6.07, 6.45) is 0.571. The molecule has 172 valence electrons. The van der Waals surface area contributed by atoms with Crippen LogP contribution in [0.3, 0.4) is 0 Å². The maximum atomic E-state index is 13.2. The summed E-state index contributed by atoms with van der Waals surface area (Å²) in [6, 6.07) is 20.9. The molecule has 0 radical (unpaired) electrons. The van der Waals surface area contributed by atoms with Gasteiger partial charge in [-0.3, -0.25) is 9.59 Å². The highest BCUT2D eigenvalue weighted by molar-refractivity contribution is 6.46. The third-order valence-electron chi connectivity index (χ3n) is 6.03. The lowest BCUT2D eigenvalue weighted by molar-refractivity contribution is -0.139. The Morgan fingerprint density at radius 3 is 2.38 bits per heavy atom. The number of halogens is 1. The van der Waals surface area contributed by atoms with Crippen LogP contribution in [0.25, 0.3) is 5.76 Å². The van der Waals surface area contributed by atoms with E-state index in [4.69, 9.17) is 21.1 Å². The number of hydrogen-bond donors (Lipinski definition) is 1. The van der Waals surface area contributed by atoms with Gasteiger partial charge < -0.3 is 19.5 Å². The lowest BCUT2D eigenvalue weighted by Gasteiger charge is -2.25. The number of benzene rings is 3. The lowest BCUT2D eigenvalue weighted by atomic mass is 9.95. The van der Waals surface area contributed by atoms with Crippen molar-refractivity contribution >= 4 is 29.1 Å². The molecule has 0 bridgehead atoms. The number of fused-ring (bicyclic) bond motifs is 1. The Labute approximate surface area is 202 Å². The van der Waals surface area contributed by atoms with Crippen molar-refractivity contribution in [3.8, 4) is 11.5 Å². The molecule has 1 N–H and O–H groups in total. The zero-order chi connectivity index (χ0) is 23.7. The third kappa shape index (κ3) is 4.13. The fourth-order valence-corrected chi connectivity index (χ4v) is 4.47. The second-order valence-electron chi connectivity index (χ2n) is 8.14. The molecule has 0 unspecified atom stereocenters. The van der Waals surface area contributed by atoms with E-state index in [-0.39, 0.29) is 11.3 Å². The molecule has 3 aromatic rings. The van der Waals surface area contributed by atoms with E-state index >= 15 is 0 Å². The number of ether oxygens (including phenoxy) is 2. The van der Waals surface area contributed by atoms with E-state index < -0.39 is 17.7 Å². The quantitative estimate of drug-likeness (QED) is 0.326. The highest BCUT2D eigenvalue weighted by Crippen LogP contribution is 2.41. The third-order valence-corrected chi connectivity index (χ3v) is 6.28. The van der Waals surface area contributed by atoms with Gasteiger partial charge >= 0.3 is 0 Å². The zero-order valence-electron chi connectivity index (χ0n) is 18.2. The molecular weight excluding hydrogens is 454 g/mol. The monoisotopic (exact) mass is 475 g/mol. The number of amides is 1. The first-order valence-electron chi connectivity index (χ1n) is 11.0. The van der Waals surface area contributed by atoms with Crippen molar-refractivity contribution in [2.24, 2.45) is 0 Å². The average Bonchev–Trinajstić information content (AvgIpc) is 3.12. The van der Waals surface area contributed by atoms with E-state index in [1.54, 1.807) is 42.5 Å². The summed E-state index contributed by atoms with van der Waals surface area (Å²) in [7, 11) is 0. The summed E-state index contributed by atoms with van der Waals surface area (Å²) < 4.78 is 11.2. The van der Waals surface area contributed by atoms with Crippen LogP contribution in [0.2, 0.25) is 5.02 Å². The molecule has 2 aliphatic heterocycles. The molecule has 0 aromatic heterocycles. The average molecular weight is 476 g/mol. The molecular formula is C27H22ClNO5. The van der Waals surface area contributed by atoms with Gasteiger partial charge in [0.15, 0.2) is 11.5 Å². The van der Waals surface area contributed by atoms with E-state index in [1.165, 1.54) is 4.90 Å². The van der Waals surface area contributed by atoms with Gasteiger partial charge in [0.2, 0.25) is 0 Å². The van der Waals surface area contributed by atoms with Crippen LogP contribution in [-0.2, 0) is 16.0 Å². The molecule has 7 heteroatoms. The van der Waals surface area contributed by atoms with Crippen LogP contribution in [0, 0.1) is 0 Å². The van der Waals surface area contributed by atoms with Gasteiger partial charge in [0.1, 0.15) is 19.0 Å². The Morgan fingerprint density at radius 2 is 1.65 bits per heavy atom. The minimum atomic E-state index is -0.742. The van der Waals surface area contributed by atoms with Crippen molar-refractivity contribution in [2.45, 2.75) is 12.5 Å². The van der Waals surface area contributed by atoms with Gasteiger partial charge in [0, 0.05) is 17.1 Å². The van der Waals surface area contributed by atoms with E-state index in [0.717, 1.165) is 5.56 Å². The van der Waals surface area contributed by atoms with E-state index in [2.05, 4.69) is 0 Å². The lowest BCUT2D eigenvalue weighted by Crippen LogP contribution is -2.31. The molecule has 6 nitrogen and oxygen atoms in total. The number of aliphatic hydroxyl groups is 1. The zero-order valence-corrected chi connectivity index (χ0v) is 19.0. The molecule has 0 saturated carbocycles. The van der Waals surface area contributed by atoms with Gasteiger partial charge in [-0.25, -0.2) is 0 Å². The largest absolute Gasteiger partial charge is 0.507 e. The predicted molar refractivity (Wildman–Crippen MR) is 128 cm³/mol. The van der Waals surface area contributed by atoms with Crippen molar-refractivity contribution in [2.75, 3.05) is 19.8 Å². The van der Waals surface area contributed by atoms with Crippen LogP contribution in [0.15, 0.2) is 78.4 Å². The Balaban J connectivity index is 1.57. The standard InChI is InChI=1S/C27H22ClNO5/c28-20-9-6-18(7-10-20)24-23(25(30)19-8-11-21-22(16-19)34-15-14-33-21)26(31)27(32)29(24)13-12-17-4-2-1-3-5-17/h1-11,16,24,30H,12-15H2/b25-23+/t24-/m0/s1. The summed E-state index contributed by atoms with van der Waals surface area (Å²) in [5.74, 6) is -0.565. The first-order valence-corrected chi connectivity index (χ1v) is 11.4. The molecule has 0 spiro atoms. The molecule has 1 amide bonds. The fraction of sp³-hybridized carbons (Fsp3) is 0.185. The molecule has 1 atom stereocenters. The highest BCUT2D eigenvalue weighted by atomic mass is 35.5. The van der Waals surface area contributed by atoms with E-state index in [0.29, 0.717) is 53.8 Å². The number of Topliss-reactive ketones (excluding diaryl/α,β-unsaturated/α-hetero) is 1. The van der Waals surface area contributed by atoms with Crippen molar-refractivity contribution in [3.63, 3.8) is 0 Å². The van der Waals surface area contributed by atoms with Gasteiger partial charge in [-0.05, 0) is 47.9 Å². The first kappa shape index (κ1) is 22.0. The fourth-order valence-electron chi connectivity index (χ4n) is 4.34. The number of carbonyl (C=O) groups excluding carboxylic acids is 2. The number of hydrogen-bond acceptors (Lipinski definition) is 5. The first-order chi connectivity index (χ1) is 16.5. The topological polar surface area (TPSA) is 76.1 Å². The van der Waals surface area contributed by atoms with Crippen molar-refractivity contribution in [1.29, 1.82) is 0 Å². The molecule has 1 fully saturated rings. The Morgan fingerprint density at radius 1 is 0.941 bits per heavy atom. The SMILES string of the molecule is O=C1C(=O)N(CCc2ccccc2)[C@@H](c2ccc(Cl)cc2)/C1=C(\O)c1ccc2c(c1)OCCO2. The van der Waals surface area contributed by atoms with Crippen LogP contribution < -0.4 is 9.47 Å². The van der Waals surface area contributed by atoms with Crippen LogP contribution in [0.5, 0.6) is 11.5 Å². The van der Waals surface area contributed by atoms with Gasteiger partial charge in [0.25, 0.3) is 11.7 Å². The number of ketones is 1. The number of likely N-dealkylation sites (tertiary alicyclic amines) is 1. The number of carbonyl (C=O) groups is 2. The maximum absolute atomic E-state index is 13.2. The smallest absolute Gasteiger partial charge is 0.295 e. The van der Waals surface area contributed by atoms with E-state index in [1.807, 2.05) is 30.3 Å². The Hall–Kier alpha value is -3.77. The van der Waals surface area contributed by atoms with E-state index in [9.17, 15) is 14.7 Å². The second kappa shape index (κ2) is 9.23. The number of aliphatic hydroxyl groups excluding tert-OH is 1. The van der Waals surface area contributed by atoms with Crippen molar-refractivity contribution in [3.05, 3.63) is 100 Å².